The Bertz CT molecular complexity index is 986. The van der Waals surface area contributed by atoms with Crippen LogP contribution in [0.2, 0.25) is 0 Å². The first-order chi connectivity index (χ1) is 13.7. The van der Waals surface area contributed by atoms with Gasteiger partial charge in [-0.15, -0.1) is 0 Å². The molecule has 4 nitrogen and oxygen atoms in total. The van der Waals surface area contributed by atoms with Crippen molar-refractivity contribution in [2.75, 3.05) is 0 Å². The lowest BCUT2D eigenvalue weighted by molar-refractivity contribution is 0.103. The molecule has 29 heavy (non-hydrogen) atoms. The van der Waals surface area contributed by atoms with Gasteiger partial charge in [0, 0.05) is 11.1 Å². The summed E-state index contributed by atoms with van der Waals surface area (Å²) < 4.78 is 11.7. The van der Waals surface area contributed by atoms with Crippen LogP contribution in [0.15, 0.2) is 66.7 Å². The van der Waals surface area contributed by atoms with Gasteiger partial charge in [-0.05, 0) is 49.9 Å². The summed E-state index contributed by atoms with van der Waals surface area (Å²) in [5.74, 6) is -0.188. The van der Waals surface area contributed by atoms with Gasteiger partial charge in [0.1, 0.15) is 0 Å². The van der Waals surface area contributed by atoms with Gasteiger partial charge in [-0.25, -0.2) is 0 Å². The molecule has 2 N–H and O–H groups in total. The predicted molar refractivity (Wildman–Crippen MR) is 118 cm³/mol. The Morgan fingerprint density at radius 3 is 1.76 bits per heavy atom. The van der Waals surface area contributed by atoms with E-state index in [9.17, 15) is 19.1 Å². The van der Waals surface area contributed by atoms with Crippen LogP contribution in [0.25, 0.3) is 0 Å². The van der Waals surface area contributed by atoms with E-state index in [2.05, 4.69) is 0 Å². The van der Waals surface area contributed by atoms with Crippen molar-refractivity contribution in [3.05, 3.63) is 100 Å². The molecular weight excluding hydrogens is 383 g/mol. The molecule has 0 unspecified atom stereocenters. The van der Waals surface area contributed by atoms with Crippen LogP contribution in [-0.2, 0) is 11.0 Å². The summed E-state index contributed by atoms with van der Waals surface area (Å²) in [7, 11) is -4.41. The first-order valence-electron chi connectivity index (χ1n) is 9.47. The molecule has 0 saturated heterocycles. The van der Waals surface area contributed by atoms with E-state index in [0.29, 0.717) is 23.1 Å². The third-order valence-electron chi connectivity index (χ3n) is 4.63. The first-order valence-corrected chi connectivity index (χ1v) is 11.1. The van der Waals surface area contributed by atoms with E-state index >= 15 is 0 Å². The molecule has 0 aliphatic rings. The van der Waals surface area contributed by atoms with Crippen LogP contribution >= 0.6 is 7.60 Å². The van der Waals surface area contributed by atoms with Crippen molar-refractivity contribution >= 4 is 18.7 Å². The van der Waals surface area contributed by atoms with E-state index in [1.807, 2.05) is 69.3 Å². The van der Waals surface area contributed by atoms with Gasteiger partial charge in [0.15, 0.2) is 5.78 Å². The summed E-state index contributed by atoms with van der Waals surface area (Å²) in [5.41, 5.74) is 4.21. The van der Waals surface area contributed by atoms with Gasteiger partial charge in [0.25, 0.3) is 0 Å². The lowest BCUT2D eigenvalue weighted by Crippen LogP contribution is -2.17. The molecule has 3 rings (SSSR count). The van der Waals surface area contributed by atoms with E-state index < -0.39 is 7.60 Å². The lowest BCUT2D eigenvalue weighted by Gasteiger charge is -2.16. The third kappa shape index (κ3) is 5.74. The lowest BCUT2D eigenvalue weighted by atomic mass is 9.90. The molecule has 152 valence electrons. The van der Waals surface area contributed by atoms with Crippen LogP contribution in [0, 0.1) is 20.8 Å². The molecule has 0 bridgehead atoms. The maximum absolute atomic E-state index is 13.0. The van der Waals surface area contributed by atoms with Crippen molar-refractivity contribution in [2.24, 2.45) is 0 Å². The van der Waals surface area contributed by atoms with Gasteiger partial charge in [-0.3, -0.25) is 9.36 Å². The van der Waals surface area contributed by atoms with Crippen LogP contribution in [-0.4, -0.2) is 15.6 Å². The van der Waals surface area contributed by atoms with Gasteiger partial charge in [0.05, 0.1) is 5.30 Å². The topological polar surface area (TPSA) is 74.6 Å². The van der Waals surface area contributed by atoms with Gasteiger partial charge >= 0.3 is 7.60 Å². The molecule has 0 aliphatic heterocycles. The number of benzene rings is 3. The average Bonchev–Trinajstić information content (AvgIpc) is 2.67. The summed E-state index contributed by atoms with van der Waals surface area (Å²) in [5, 5.41) is -0.0618. The van der Waals surface area contributed by atoms with Gasteiger partial charge in [0.2, 0.25) is 0 Å². The normalized spacial score (nSPS) is 10.8. The number of carbonyl (C=O) groups excluding carboxylic acids is 1. The van der Waals surface area contributed by atoms with E-state index in [4.69, 9.17) is 0 Å². The first kappa shape index (κ1) is 22.8. The van der Waals surface area contributed by atoms with Gasteiger partial charge < -0.3 is 9.79 Å². The smallest absolute Gasteiger partial charge is 0.321 e. The summed E-state index contributed by atoms with van der Waals surface area (Å²) >= 11 is 0. The zero-order valence-corrected chi connectivity index (χ0v) is 18.1. The second-order valence-corrected chi connectivity index (χ2v) is 8.53. The van der Waals surface area contributed by atoms with E-state index in [1.54, 1.807) is 13.0 Å². The molecule has 0 atom stereocenters. The summed E-state index contributed by atoms with van der Waals surface area (Å²) in [4.78, 5) is 32.1. The van der Waals surface area contributed by atoms with Crippen LogP contribution in [0.4, 0.5) is 0 Å². The molecule has 5 heteroatoms. The Hall–Kier alpha value is -2.52. The van der Waals surface area contributed by atoms with Crippen molar-refractivity contribution in [1.82, 2.24) is 0 Å². The molecule has 0 radical (unpaired) electrons. The van der Waals surface area contributed by atoms with E-state index in [-0.39, 0.29) is 11.1 Å². The largest absolute Gasteiger partial charge is 0.356 e. The van der Waals surface area contributed by atoms with E-state index in [1.165, 1.54) is 12.1 Å². The zero-order valence-electron chi connectivity index (χ0n) is 17.2. The van der Waals surface area contributed by atoms with E-state index in [0.717, 1.165) is 16.7 Å². The Morgan fingerprint density at radius 1 is 0.862 bits per heavy atom. The van der Waals surface area contributed by atoms with Crippen molar-refractivity contribution in [3.8, 4) is 0 Å². The average molecular weight is 410 g/mol. The highest BCUT2D eigenvalue weighted by Gasteiger charge is 2.26. The van der Waals surface area contributed by atoms with Crippen LogP contribution in [0.3, 0.4) is 0 Å². The highest BCUT2D eigenvalue weighted by molar-refractivity contribution is 7.60. The Morgan fingerprint density at radius 2 is 1.34 bits per heavy atom. The number of carbonyl (C=O) groups is 1. The Kier molecular flexibility index (Phi) is 7.69. The zero-order chi connectivity index (χ0) is 21.6. The number of hydrogen-bond donors (Lipinski definition) is 2. The van der Waals surface area contributed by atoms with Gasteiger partial charge in [-0.2, -0.15) is 0 Å². The third-order valence-corrected chi connectivity index (χ3v) is 5.68. The van der Waals surface area contributed by atoms with Crippen molar-refractivity contribution in [3.63, 3.8) is 0 Å². The predicted octanol–water partition coefficient (Wildman–Crippen LogP) is 4.89. The second-order valence-electron chi connectivity index (χ2n) is 6.96. The van der Waals surface area contributed by atoms with Crippen LogP contribution in [0.1, 0.15) is 45.1 Å². The van der Waals surface area contributed by atoms with Gasteiger partial charge in [-0.1, -0.05) is 73.2 Å². The molecule has 3 aromatic carbocycles. The maximum Gasteiger partial charge on any atom is 0.356 e. The van der Waals surface area contributed by atoms with Crippen molar-refractivity contribution in [1.29, 1.82) is 0 Å². The van der Waals surface area contributed by atoms with Crippen LogP contribution < -0.4 is 5.30 Å². The minimum Gasteiger partial charge on any atom is -0.321 e. The number of aryl methyl sites for hydroxylation is 3. The fraction of sp³-hybridized carbons (Fsp3) is 0.208. The molecule has 0 fully saturated rings. The quantitative estimate of drug-likeness (QED) is 0.474. The molecule has 3 aromatic rings. The molecule has 0 aromatic heterocycles. The molecule has 0 heterocycles. The second kappa shape index (κ2) is 9.80. The van der Waals surface area contributed by atoms with Crippen LogP contribution in [0.5, 0.6) is 0 Å². The molecule has 0 saturated carbocycles. The summed E-state index contributed by atoms with van der Waals surface area (Å²) in [6.45, 7) is 7.53. The van der Waals surface area contributed by atoms with Crippen molar-refractivity contribution < 1.29 is 19.1 Å². The van der Waals surface area contributed by atoms with Crippen molar-refractivity contribution in [2.45, 2.75) is 34.1 Å². The molecule has 0 spiro atoms. The minimum absolute atomic E-state index is 0.0618. The number of ketones is 1. The summed E-state index contributed by atoms with van der Waals surface area (Å²) in [6, 6.07) is 20.4. The fourth-order valence-corrected chi connectivity index (χ4v) is 4.40. The SMILES string of the molecule is CCc1c(C(=O)c2c(C)cc(C)cc2C)cccc1P(=O)(O)O.c1ccccc1. The molecule has 0 amide bonds. The minimum atomic E-state index is -4.41. The highest BCUT2D eigenvalue weighted by atomic mass is 31.2. The number of hydrogen-bond acceptors (Lipinski definition) is 2. The Balaban J connectivity index is 0.000000426. The maximum atomic E-state index is 13.0. The molecule has 0 aliphatic carbocycles. The Labute approximate surface area is 172 Å². The standard InChI is InChI=1S/C18H21O4P.C6H6/c1-5-14-15(7-6-8-16(14)23(20,21)22)18(19)17-12(3)9-11(2)10-13(17)4;1-2-4-6-5-3-1/h6-10H,5H2,1-4H3,(H2,20,21,22);1-6H. The summed E-state index contributed by atoms with van der Waals surface area (Å²) in [6.07, 6.45) is 0.381. The molecular formula is C24H27O4P. The number of rotatable bonds is 4. The highest BCUT2D eigenvalue weighted by Crippen LogP contribution is 2.36. The monoisotopic (exact) mass is 410 g/mol. The fourth-order valence-electron chi connectivity index (χ4n) is 3.49.